The van der Waals surface area contributed by atoms with Crippen LogP contribution in [-0.2, 0) is 53.0 Å². The number of carbonyl (C=O) groups is 5. The smallest absolute Gasteiger partial charge is 0.408 e. The van der Waals surface area contributed by atoms with Gasteiger partial charge in [-0.25, -0.2) is 9.59 Å². The van der Waals surface area contributed by atoms with Crippen LogP contribution in [0.2, 0.25) is 0 Å². The molecule has 13 heteroatoms. The molecule has 0 spiro atoms. The van der Waals surface area contributed by atoms with Gasteiger partial charge >= 0.3 is 12.1 Å². The van der Waals surface area contributed by atoms with E-state index in [9.17, 15) is 24.0 Å². The van der Waals surface area contributed by atoms with Crippen molar-refractivity contribution in [2.45, 2.75) is 97.4 Å². The molecule has 0 aliphatic carbocycles. The SMILES string of the molecule is COC(=O)[C@H](CC(C)C)NC(=O)[C@@H](C)NC(=O)[C@H](Cc1ccc(OCc2ccccc2)cc1)NC(=O)[C@H](COCc1ccccc1)NC(=O)OC(C)(C)C. The van der Waals surface area contributed by atoms with E-state index >= 15 is 0 Å². The van der Waals surface area contributed by atoms with Gasteiger partial charge in [0.2, 0.25) is 17.7 Å². The van der Waals surface area contributed by atoms with E-state index < -0.39 is 59.6 Å². The number of benzene rings is 3. The van der Waals surface area contributed by atoms with Crippen LogP contribution in [0.1, 0.15) is 64.7 Å². The molecule has 4 atom stereocenters. The highest BCUT2D eigenvalue weighted by Gasteiger charge is 2.31. The number of rotatable bonds is 19. The van der Waals surface area contributed by atoms with Crippen molar-refractivity contribution in [2.24, 2.45) is 5.92 Å². The summed E-state index contributed by atoms with van der Waals surface area (Å²) in [5.41, 5.74) is 1.70. The van der Waals surface area contributed by atoms with Gasteiger partial charge in [0.1, 0.15) is 42.1 Å². The van der Waals surface area contributed by atoms with Crippen molar-refractivity contribution in [3.63, 3.8) is 0 Å². The van der Waals surface area contributed by atoms with Crippen LogP contribution >= 0.6 is 0 Å². The molecule has 0 saturated heterocycles. The summed E-state index contributed by atoms with van der Waals surface area (Å²) in [6, 6.07) is 21.6. The zero-order valence-electron chi connectivity index (χ0n) is 32.2. The second-order valence-electron chi connectivity index (χ2n) is 14.3. The Morgan fingerprint density at radius 2 is 1.19 bits per heavy atom. The third kappa shape index (κ3) is 15.7. The molecule has 4 amide bonds. The summed E-state index contributed by atoms with van der Waals surface area (Å²) >= 11 is 0. The minimum absolute atomic E-state index is 0.0209. The largest absolute Gasteiger partial charge is 0.489 e. The molecule has 4 N–H and O–H groups in total. The Morgan fingerprint density at radius 1 is 0.630 bits per heavy atom. The fraction of sp³-hybridized carbons (Fsp3) is 0.439. The molecule has 0 aromatic heterocycles. The average Bonchev–Trinajstić information content (AvgIpc) is 3.13. The Labute approximate surface area is 317 Å². The maximum Gasteiger partial charge on any atom is 0.408 e. The summed E-state index contributed by atoms with van der Waals surface area (Å²) < 4.78 is 22.0. The van der Waals surface area contributed by atoms with E-state index in [-0.39, 0.29) is 25.6 Å². The van der Waals surface area contributed by atoms with Crippen molar-refractivity contribution in [1.82, 2.24) is 21.3 Å². The van der Waals surface area contributed by atoms with Gasteiger partial charge in [-0.3, -0.25) is 14.4 Å². The van der Waals surface area contributed by atoms with Crippen LogP contribution in [0.25, 0.3) is 0 Å². The van der Waals surface area contributed by atoms with Gasteiger partial charge in [0, 0.05) is 6.42 Å². The van der Waals surface area contributed by atoms with Gasteiger partial charge in [-0.1, -0.05) is 86.6 Å². The van der Waals surface area contributed by atoms with Gasteiger partial charge < -0.3 is 40.2 Å². The molecule has 3 aromatic rings. The molecular weight excluding hydrogens is 692 g/mol. The predicted octanol–water partition coefficient (Wildman–Crippen LogP) is 4.61. The minimum Gasteiger partial charge on any atom is -0.489 e. The van der Waals surface area contributed by atoms with Crippen LogP contribution in [0.3, 0.4) is 0 Å². The Bertz CT molecular complexity index is 1640. The molecule has 0 aliphatic rings. The molecule has 3 aromatic carbocycles. The van der Waals surface area contributed by atoms with Gasteiger partial charge in [0.25, 0.3) is 0 Å². The Morgan fingerprint density at radius 3 is 1.74 bits per heavy atom. The number of hydrogen-bond donors (Lipinski definition) is 4. The summed E-state index contributed by atoms with van der Waals surface area (Å²) in [4.78, 5) is 66.0. The second-order valence-corrected chi connectivity index (χ2v) is 14.3. The van der Waals surface area contributed by atoms with Crippen molar-refractivity contribution >= 4 is 29.8 Å². The number of amides is 4. The monoisotopic (exact) mass is 746 g/mol. The fourth-order valence-corrected chi connectivity index (χ4v) is 5.19. The number of hydrogen-bond acceptors (Lipinski definition) is 9. The number of esters is 1. The Hall–Kier alpha value is -5.43. The summed E-state index contributed by atoms with van der Waals surface area (Å²) in [6.45, 7) is 10.7. The normalized spacial score (nSPS) is 13.4. The Kier molecular flexibility index (Phi) is 17.0. The van der Waals surface area contributed by atoms with Crippen molar-refractivity contribution in [1.29, 1.82) is 0 Å². The lowest BCUT2D eigenvalue weighted by Gasteiger charge is -2.26. The number of nitrogens with one attached hydrogen (secondary N) is 4. The molecule has 0 aliphatic heterocycles. The number of carbonyl (C=O) groups excluding carboxylic acids is 5. The molecular formula is C41H54N4O9. The second kappa shape index (κ2) is 21.3. The third-order valence-electron chi connectivity index (χ3n) is 7.91. The lowest BCUT2D eigenvalue weighted by molar-refractivity contribution is -0.145. The summed E-state index contributed by atoms with van der Waals surface area (Å²) in [5, 5.41) is 10.6. The predicted molar refractivity (Wildman–Crippen MR) is 203 cm³/mol. The molecule has 292 valence electrons. The molecule has 13 nitrogen and oxygen atoms in total. The van der Waals surface area contributed by atoms with E-state index in [2.05, 4.69) is 21.3 Å². The molecule has 0 radical (unpaired) electrons. The molecule has 0 heterocycles. The number of methoxy groups -OCH3 is 1. The first-order valence-corrected chi connectivity index (χ1v) is 18.0. The minimum atomic E-state index is -1.25. The summed E-state index contributed by atoms with van der Waals surface area (Å²) in [5.74, 6) is -1.91. The first-order valence-electron chi connectivity index (χ1n) is 18.0. The number of alkyl carbamates (subject to hydrolysis) is 1. The maximum atomic E-state index is 13.8. The lowest BCUT2D eigenvalue weighted by atomic mass is 10.0. The fourth-order valence-electron chi connectivity index (χ4n) is 5.19. The van der Waals surface area contributed by atoms with E-state index in [1.165, 1.54) is 14.0 Å². The maximum absolute atomic E-state index is 13.8. The quantitative estimate of drug-likeness (QED) is 0.128. The Balaban J connectivity index is 1.81. The van der Waals surface area contributed by atoms with Crippen LogP contribution in [-0.4, -0.2) is 73.3 Å². The highest BCUT2D eigenvalue weighted by atomic mass is 16.6. The number of ether oxygens (including phenoxy) is 4. The van der Waals surface area contributed by atoms with E-state index in [0.717, 1.165) is 11.1 Å². The topological polar surface area (TPSA) is 170 Å². The summed E-state index contributed by atoms with van der Waals surface area (Å²) in [7, 11) is 1.24. The van der Waals surface area contributed by atoms with Gasteiger partial charge in [-0.05, 0) is 68.9 Å². The van der Waals surface area contributed by atoms with E-state index in [0.29, 0.717) is 24.3 Å². The zero-order valence-corrected chi connectivity index (χ0v) is 32.2. The van der Waals surface area contributed by atoms with Crippen LogP contribution in [0, 0.1) is 5.92 Å². The molecule has 54 heavy (non-hydrogen) atoms. The standard InChI is InChI=1S/C41H54N4O9/c1-27(2)22-34(39(49)51-7)44-36(46)28(3)42-37(47)33(23-29-18-20-32(21-19-29)53-25-31-16-12-9-13-17-31)43-38(48)35(45-40(50)54-41(4,5)6)26-52-24-30-14-10-8-11-15-30/h8-21,27-28,33-35H,22-26H2,1-7H3,(H,42,47)(H,43,48)(H,44,46)(H,45,50)/t28-,33+,34+,35+/m1/s1. The van der Waals surface area contributed by atoms with Crippen LogP contribution in [0.5, 0.6) is 5.75 Å². The van der Waals surface area contributed by atoms with Crippen molar-refractivity contribution in [2.75, 3.05) is 13.7 Å². The van der Waals surface area contributed by atoms with E-state index in [1.807, 2.05) is 74.5 Å². The third-order valence-corrected chi connectivity index (χ3v) is 7.91. The van der Waals surface area contributed by atoms with Gasteiger partial charge in [-0.15, -0.1) is 0 Å². The average molecular weight is 747 g/mol. The molecule has 0 bridgehead atoms. The van der Waals surface area contributed by atoms with Crippen LogP contribution in [0.4, 0.5) is 4.79 Å². The van der Waals surface area contributed by atoms with Crippen LogP contribution in [0.15, 0.2) is 84.9 Å². The highest BCUT2D eigenvalue weighted by Crippen LogP contribution is 2.16. The molecule has 3 rings (SSSR count). The van der Waals surface area contributed by atoms with E-state index in [1.54, 1.807) is 45.0 Å². The molecule has 0 fully saturated rings. The lowest BCUT2D eigenvalue weighted by Crippen LogP contribution is -2.58. The molecule has 0 unspecified atom stereocenters. The zero-order chi connectivity index (χ0) is 39.7. The highest BCUT2D eigenvalue weighted by molar-refractivity contribution is 5.94. The van der Waals surface area contributed by atoms with Crippen molar-refractivity contribution in [3.8, 4) is 5.75 Å². The summed E-state index contributed by atoms with van der Waals surface area (Å²) in [6.07, 6.45) is -0.487. The van der Waals surface area contributed by atoms with Gasteiger partial charge in [-0.2, -0.15) is 0 Å². The first-order chi connectivity index (χ1) is 25.6. The van der Waals surface area contributed by atoms with Crippen molar-refractivity contribution < 1.29 is 42.9 Å². The van der Waals surface area contributed by atoms with Crippen LogP contribution < -0.4 is 26.0 Å². The first kappa shape index (κ1) is 43.0. The van der Waals surface area contributed by atoms with Gasteiger partial charge in [0.15, 0.2) is 0 Å². The molecule has 0 saturated carbocycles. The van der Waals surface area contributed by atoms with E-state index in [4.69, 9.17) is 18.9 Å². The van der Waals surface area contributed by atoms with Crippen molar-refractivity contribution in [3.05, 3.63) is 102 Å². The van der Waals surface area contributed by atoms with Gasteiger partial charge in [0.05, 0.1) is 20.3 Å².